The first-order chi connectivity index (χ1) is 14.2. The second-order valence-electron chi connectivity index (χ2n) is 7.13. The van der Waals surface area contributed by atoms with Gasteiger partial charge in [0.05, 0.1) is 7.11 Å². The Kier molecular flexibility index (Phi) is 7.29. The first-order valence-electron chi connectivity index (χ1n) is 9.97. The third kappa shape index (κ3) is 5.61. The lowest BCUT2D eigenvalue weighted by Crippen LogP contribution is -2.36. The highest BCUT2D eigenvalue weighted by Crippen LogP contribution is 2.33. The Labute approximate surface area is 172 Å². The molecule has 0 saturated heterocycles. The fourth-order valence-corrected chi connectivity index (χ4v) is 3.51. The van der Waals surface area contributed by atoms with E-state index in [1.54, 1.807) is 19.3 Å². The molecule has 1 amide bonds. The van der Waals surface area contributed by atoms with Crippen molar-refractivity contribution >= 4 is 12.0 Å². The van der Waals surface area contributed by atoms with Gasteiger partial charge in [-0.2, -0.15) is 5.26 Å². The molecule has 0 unspecified atom stereocenters. The number of carbonyl (C=O) groups excluding carboxylic acids is 1. The van der Waals surface area contributed by atoms with E-state index in [-0.39, 0.29) is 17.5 Å². The molecule has 0 radical (unpaired) electrons. The molecule has 5 heteroatoms. The molecule has 2 aromatic carbocycles. The first kappa shape index (κ1) is 20.5. The third-order valence-corrected chi connectivity index (χ3v) is 5.06. The molecular formula is C24H26N2O3. The van der Waals surface area contributed by atoms with Crippen LogP contribution in [-0.2, 0) is 11.4 Å². The topological polar surface area (TPSA) is 71.3 Å². The Hall–Kier alpha value is -3.26. The van der Waals surface area contributed by atoms with Gasteiger partial charge < -0.3 is 14.8 Å². The van der Waals surface area contributed by atoms with Gasteiger partial charge in [-0.15, -0.1) is 0 Å². The molecule has 1 fully saturated rings. The number of nitriles is 1. The highest BCUT2D eigenvalue weighted by Gasteiger charge is 2.19. The SMILES string of the molecule is COc1cccc(/C=C(\C#N)C(=O)NC2CCCCC2)c1OCc1ccccc1. The van der Waals surface area contributed by atoms with Crippen molar-refractivity contribution in [3.05, 3.63) is 65.2 Å². The predicted molar refractivity (Wildman–Crippen MR) is 112 cm³/mol. The van der Waals surface area contributed by atoms with Gasteiger partial charge in [-0.1, -0.05) is 61.7 Å². The molecule has 0 aliphatic heterocycles. The van der Waals surface area contributed by atoms with Crippen molar-refractivity contribution in [3.8, 4) is 17.6 Å². The zero-order chi connectivity index (χ0) is 20.5. The molecule has 1 aliphatic rings. The maximum atomic E-state index is 12.6. The minimum Gasteiger partial charge on any atom is -0.493 e. The minimum atomic E-state index is -0.337. The second kappa shape index (κ2) is 10.3. The van der Waals surface area contributed by atoms with E-state index >= 15 is 0 Å². The maximum absolute atomic E-state index is 12.6. The lowest BCUT2D eigenvalue weighted by atomic mass is 9.95. The number of ether oxygens (including phenoxy) is 2. The van der Waals surface area contributed by atoms with E-state index in [4.69, 9.17) is 9.47 Å². The third-order valence-electron chi connectivity index (χ3n) is 5.06. The Morgan fingerprint density at radius 3 is 2.59 bits per heavy atom. The molecule has 1 N–H and O–H groups in total. The molecule has 5 nitrogen and oxygen atoms in total. The number of rotatable bonds is 7. The summed E-state index contributed by atoms with van der Waals surface area (Å²) in [5, 5.41) is 12.6. The van der Waals surface area contributed by atoms with Crippen LogP contribution in [0.15, 0.2) is 54.1 Å². The number of carbonyl (C=O) groups is 1. The molecule has 0 atom stereocenters. The van der Waals surface area contributed by atoms with Crippen molar-refractivity contribution in [3.63, 3.8) is 0 Å². The van der Waals surface area contributed by atoms with E-state index in [1.165, 1.54) is 6.42 Å². The van der Waals surface area contributed by atoms with Gasteiger partial charge in [0.15, 0.2) is 11.5 Å². The average Bonchev–Trinajstić information content (AvgIpc) is 2.77. The number of benzene rings is 2. The van der Waals surface area contributed by atoms with Crippen molar-refractivity contribution in [1.29, 1.82) is 5.26 Å². The van der Waals surface area contributed by atoms with Crippen LogP contribution >= 0.6 is 0 Å². The van der Waals surface area contributed by atoms with Crippen LogP contribution in [0, 0.1) is 11.3 Å². The van der Waals surface area contributed by atoms with Gasteiger partial charge >= 0.3 is 0 Å². The Balaban J connectivity index is 1.81. The fraction of sp³-hybridized carbons (Fsp3) is 0.333. The molecule has 150 valence electrons. The molecule has 0 bridgehead atoms. The standard InChI is InChI=1S/C24H26N2O3/c1-28-22-14-8-11-19(23(22)29-17-18-9-4-2-5-10-18)15-20(16-25)24(27)26-21-12-6-3-7-13-21/h2,4-5,8-11,14-15,21H,3,6-7,12-13,17H2,1H3,(H,26,27)/b20-15+. The van der Waals surface area contributed by atoms with Crippen LogP contribution in [0.5, 0.6) is 11.5 Å². The number of methoxy groups -OCH3 is 1. The molecule has 1 aliphatic carbocycles. The van der Waals surface area contributed by atoms with Gasteiger partial charge in [-0.25, -0.2) is 0 Å². The number of nitrogens with one attached hydrogen (secondary N) is 1. The zero-order valence-electron chi connectivity index (χ0n) is 16.7. The van der Waals surface area contributed by atoms with E-state index in [0.717, 1.165) is 31.2 Å². The van der Waals surface area contributed by atoms with Gasteiger partial charge in [0.2, 0.25) is 0 Å². The van der Waals surface area contributed by atoms with Gasteiger partial charge in [-0.05, 0) is 30.5 Å². The predicted octanol–water partition coefficient (Wildman–Crippen LogP) is 4.63. The summed E-state index contributed by atoms with van der Waals surface area (Å²) in [5.74, 6) is 0.730. The molecular weight excluding hydrogens is 364 g/mol. The molecule has 2 aromatic rings. The van der Waals surface area contributed by atoms with Crippen molar-refractivity contribution in [2.75, 3.05) is 7.11 Å². The van der Waals surface area contributed by atoms with Crippen LogP contribution in [0.3, 0.4) is 0 Å². The summed E-state index contributed by atoms with van der Waals surface area (Å²) < 4.78 is 11.4. The van der Waals surface area contributed by atoms with Crippen LogP contribution in [0.2, 0.25) is 0 Å². The number of hydrogen-bond acceptors (Lipinski definition) is 4. The quantitative estimate of drug-likeness (QED) is 0.553. The van der Waals surface area contributed by atoms with Gasteiger partial charge in [0, 0.05) is 11.6 Å². The van der Waals surface area contributed by atoms with Crippen molar-refractivity contribution in [1.82, 2.24) is 5.32 Å². The van der Waals surface area contributed by atoms with Gasteiger partial charge in [0.25, 0.3) is 5.91 Å². The van der Waals surface area contributed by atoms with Crippen LogP contribution in [0.4, 0.5) is 0 Å². The van der Waals surface area contributed by atoms with Crippen LogP contribution in [-0.4, -0.2) is 19.1 Å². The van der Waals surface area contributed by atoms with Crippen molar-refractivity contribution in [2.24, 2.45) is 0 Å². The van der Waals surface area contributed by atoms with Gasteiger partial charge in [0.1, 0.15) is 18.2 Å². The smallest absolute Gasteiger partial charge is 0.262 e. The molecule has 0 aromatic heterocycles. The number of nitrogens with zero attached hydrogens (tertiary/aromatic N) is 1. The van der Waals surface area contributed by atoms with E-state index in [0.29, 0.717) is 23.7 Å². The summed E-state index contributed by atoms with van der Waals surface area (Å²) >= 11 is 0. The molecule has 0 heterocycles. The van der Waals surface area contributed by atoms with Gasteiger partial charge in [-0.3, -0.25) is 4.79 Å². The monoisotopic (exact) mass is 390 g/mol. The highest BCUT2D eigenvalue weighted by atomic mass is 16.5. The summed E-state index contributed by atoms with van der Waals surface area (Å²) in [6, 6.07) is 17.4. The minimum absolute atomic E-state index is 0.0633. The van der Waals surface area contributed by atoms with E-state index in [1.807, 2.05) is 48.5 Å². The van der Waals surface area contributed by atoms with E-state index < -0.39 is 0 Å². The highest BCUT2D eigenvalue weighted by molar-refractivity contribution is 6.02. The zero-order valence-corrected chi connectivity index (χ0v) is 16.7. The largest absolute Gasteiger partial charge is 0.493 e. The maximum Gasteiger partial charge on any atom is 0.262 e. The summed E-state index contributed by atoms with van der Waals surface area (Å²) in [6.45, 7) is 0.359. The summed E-state index contributed by atoms with van der Waals surface area (Å²) in [7, 11) is 1.57. The Morgan fingerprint density at radius 2 is 1.90 bits per heavy atom. The second-order valence-corrected chi connectivity index (χ2v) is 7.13. The van der Waals surface area contributed by atoms with Crippen LogP contribution in [0.1, 0.15) is 43.2 Å². The molecule has 1 saturated carbocycles. The normalized spacial score (nSPS) is 14.7. The molecule has 3 rings (SSSR count). The summed E-state index contributed by atoms with van der Waals surface area (Å²) in [6.07, 6.45) is 6.94. The lowest BCUT2D eigenvalue weighted by Gasteiger charge is -2.22. The van der Waals surface area contributed by atoms with Crippen molar-refractivity contribution < 1.29 is 14.3 Å². The fourth-order valence-electron chi connectivity index (χ4n) is 3.51. The lowest BCUT2D eigenvalue weighted by molar-refractivity contribution is -0.117. The summed E-state index contributed by atoms with van der Waals surface area (Å²) in [4.78, 5) is 12.6. The average molecular weight is 390 g/mol. The summed E-state index contributed by atoms with van der Waals surface area (Å²) in [5.41, 5.74) is 1.72. The van der Waals surface area contributed by atoms with Crippen LogP contribution < -0.4 is 14.8 Å². The number of para-hydroxylation sites is 1. The number of hydrogen-bond donors (Lipinski definition) is 1. The number of amides is 1. The molecule has 29 heavy (non-hydrogen) atoms. The Morgan fingerprint density at radius 1 is 1.14 bits per heavy atom. The first-order valence-corrected chi connectivity index (χ1v) is 9.97. The molecule has 0 spiro atoms. The van der Waals surface area contributed by atoms with E-state index in [2.05, 4.69) is 5.32 Å². The Bertz CT molecular complexity index is 894. The van der Waals surface area contributed by atoms with Crippen LogP contribution in [0.25, 0.3) is 6.08 Å². The van der Waals surface area contributed by atoms with E-state index in [9.17, 15) is 10.1 Å². The van der Waals surface area contributed by atoms with Crippen molar-refractivity contribution in [2.45, 2.75) is 44.8 Å².